The third kappa shape index (κ3) is 3.60. The number of hydrogen-bond acceptors (Lipinski definition) is 4. The summed E-state index contributed by atoms with van der Waals surface area (Å²) >= 11 is 0. The van der Waals surface area contributed by atoms with Gasteiger partial charge in [-0.05, 0) is 73.2 Å². The normalized spacial score (nSPS) is 24.8. The summed E-state index contributed by atoms with van der Waals surface area (Å²) in [7, 11) is 1.57. The zero-order chi connectivity index (χ0) is 22.4. The summed E-state index contributed by atoms with van der Waals surface area (Å²) in [5, 5.41) is 7.65. The van der Waals surface area contributed by atoms with Crippen molar-refractivity contribution in [1.29, 1.82) is 0 Å². The largest absolute Gasteiger partial charge is 0.497 e. The van der Waals surface area contributed by atoms with Crippen molar-refractivity contribution in [2.24, 2.45) is 10.2 Å². The van der Waals surface area contributed by atoms with Crippen molar-refractivity contribution in [3.05, 3.63) is 53.6 Å². The maximum Gasteiger partial charge on any atom is 0.419 e. The fourth-order valence-electron chi connectivity index (χ4n) is 5.27. The molecule has 0 radical (unpaired) electrons. The molecule has 5 rings (SSSR count). The molecule has 0 spiro atoms. The molecule has 0 bridgehead atoms. The number of ether oxygens (including phenoxy) is 1. The zero-order valence-electron chi connectivity index (χ0n) is 18.3. The predicted molar refractivity (Wildman–Crippen MR) is 117 cm³/mol. The van der Waals surface area contributed by atoms with E-state index in [0.717, 1.165) is 43.6 Å². The van der Waals surface area contributed by atoms with Gasteiger partial charge < -0.3 is 9.64 Å². The lowest BCUT2D eigenvalue weighted by atomic mass is 9.79. The Morgan fingerprint density at radius 2 is 1.72 bits per heavy atom. The first kappa shape index (κ1) is 21.4. The average Bonchev–Trinajstić information content (AvgIpc) is 3.17. The van der Waals surface area contributed by atoms with Gasteiger partial charge in [0.15, 0.2) is 0 Å². The van der Waals surface area contributed by atoms with E-state index in [2.05, 4.69) is 15.1 Å². The van der Waals surface area contributed by atoms with E-state index >= 15 is 0 Å². The molecule has 1 atom stereocenters. The lowest BCUT2D eigenvalue weighted by Crippen LogP contribution is -2.40. The average molecular weight is 444 g/mol. The lowest BCUT2D eigenvalue weighted by Gasteiger charge is -2.32. The minimum atomic E-state index is -4.52. The molecule has 170 valence electrons. The van der Waals surface area contributed by atoms with E-state index in [4.69, 9.17) is 4.74 Å². The van der Waals surface area contributed by atoms with Gasteiger partial charge in [0.25, 0.3) is 0 Å². The number of halogens is 3. The van der Waals surface area contributed by atoms with Crippen LogP contribution in [0, 0.1) is 0 Å². The molecule has 2 aromatic carbocycles. The molecule has 1 unspecified atom stereocenters. The maximum atomic E-state index is 14.5. The number of rotatable bonds is 6. The van der Waals surface area contributed by atoms with E-state index in [1.807, 2.05) is 24.3 Å². The van der Waals surface area contributed by atoms with E-state index < -0.39 is 11.7 Å². The summed E-state index contributed by atoms with van der Waals surface area (Å²) in [6.07, 6.45) is -0.220. The number of azo groups is 1. The Kier molecular flexibility index (Phi) is 5.27. The van der Waals surface area contributed by atoms with Gasteiger partial charge in [0, 0.05) is 18.4 Å². The molecule has 2 fully saturated rings. The van der Waals surface area contributed by atoms with Crippen molar-refractivity contribution < 1.29 is 17.9 Å². The second kappa shape index (κ2) is 7.87. The molecule has 0 amide bonds. The zero-order valence-corrected chi connectivity index (χ0v) is 18.3. The van der Waals surface area contributed by atoms with Gasteiger partial charge in [-0.2, -0.15) is 23.4 Å². The Labute approximate surface area is 186 Å². The molecule has 32 heavy (non-hydrogen) atoms. The SMILES string of the molecule is COc1ccc(-c2ccc(C3(CN4CCCC4)CC3)cc2C2(C(F)(F)F)CCN=N2)cc1. The van der Waals surface area contributed by atoms with Gasteiger partial charge in [-0.25, -0.2) is 0 Å². The summed E-state index contributed by atoms with van der Waals surface area (Å²) in [5.74, 6) is 0.667. The Hall–Kier alpha value is -2.41. The molecule has 2 heterocycles. The van der Waals surface area contributed by atoms with Crippen molar-refractivity contribution in [1.82, 2.24) is 4.90 Å². The second-order valence-corrected chi connectivity index (χ2v) is 9.33. The van der Waals surface area contributed by atoms with Crippen LogP contribution in [-0.2, 0) is 11.0 Å². The second-order valence-electron chi connectivity index (χ2n) is 9.33. The molecule has 1 saturated heterocycles. The monoisotopic (exact) mass is 443 g/mol. The van der Waals surface area contributed by atoms with Gasteiger partial charge in [-0.1, -0.05) is 30.3 Å². The van der Waals surface area contributed by atoms with Crippen LogP contribution < -0.4 is 4.74 Å². The summed E-state index contributed by atoms with van der Waals surface area (Å²) in [6, 6.07) is 12.9. The smallest absolute Gasteiger partial charge is 0.419 e. The molecule has 2 aliphatic heterocycles. The Morgan fingerprint density at radius 1 is 1.00 bits per heavy atom. The number of likely N-dealkylation sites (tertiary alicyclic amines) is 1. The highest BCUT2D eigenvalue weighted by Gasteiger charge is 2.59. The Morgan fingerprint density at radius 3 is 2.28 bits per heavy atom. The van der Waals surface area contributed by atoms with Crippen molar-refractivity contribution in [3.8, 4) is 16.9 Å². The summed E-state index contributed by atoms with van der Waals surface area (Å²) < 4.78 is 48.7. The van der Waals surface area contributed by atoms with Crippen LogP contribution in [0.3, 0.4) is 0 Å². The van der Waals surface area contributed by atoms with Crippen LogP contribution in [0.25, 0.3) is 11.1 Å². The quantitative estimate of drug-likeness (QED) is 0.541. The van der Waals surface area contributed by atoms with E-state index in [1.54, 1.807) is 25.3 Å². The van der Waals surface area contributed by atoms with E-state index in [0.29, 0.717) is 11.3 Å². The van der Waals surface area contributed by atoms with Gasteiger partial charge in [0.1, 0.15) is 5.75 Å². The number of hydrogen-bond donors (Lipinski definition) is 0. The molecular formula is C25H28F3N3O. The Bertz CT molecular complexity index is 1010. The van der Waals surface area contributed by atoms with Crippen molar-refractivity contribution in [2.45, 2.75) is 49.2 Å². The van der Waals surface area contributed by atoms with E-state index in [1.165, 1.54) is 12.8 Å². The lowest BCUT2D eigenvalue weighted by molar-refractivity contribution is -0.187. The molecule has 1 saturated carbocycles. The summed E-state index contributed by atoms with van der Waals surface area (Å²) in [4.78, 5) is 2.46. The Balaban J connectivity index is 1.62. The molecule has 4 nitrogen and oxygen atoms in total. The highest BCUT2D eigenvalue weighted by atomic mass is 19.4. The van der Waals surface area contributed by atoms with Gasteiger partial charge in [0.05, 0.1) is 13.7 Å². The molecule has 2 aromatic rings. The van der Waals surface area contributed by atoms with Crippen LogP contribution in [0.5, 0.6) is 5.75 Å². The van der Waals surface area contributed by atoms with Crippen LogP contribution in [0.4, 0.5) is 13.2 Å². The first-order valence-corrected chi connectivity index (χ1v) is 11.3. The minimum absolute atomic E-state index is 0.0416. The molecule has 0 aromatic heterocycles. The van der Waals surface area contributed by atoms with Crippen molar-refractivity contribution >= 4 is 0 Å². The highest BCUT2D eigenvalue weighted by Crippen LogP contribution is 2.54. The number of methoxy groups -OCH3 is 1. The third-order valence-electron chi connectivity index (χ3n) is 7.34. The number of alkyl halides is 3. The number of benzene rings is 2. The van der Waals surface area contributed by atoms with Crippen LogP contribution >= 0.6 is 0 Å². The highest BCUT2D eigenvalue weighted by molar-refractivity contribution is 5.71. The van der Waals surface area contributed by atoms with E-state index in [9.17, 15) is 13.2 Å². The molecular weight excluding hydrogens is 415 g/mol. The fraction of sp³-hybridized carbons (Fsp3) is 0.520. The van der Waals surface area contributed by atoms with E-state index in [-0.39, 0.29) is 23.9 Å². The molecule has 1 aliphatic carbocycles. The van der Waals surface area contributed by atoms with Crippen LogP contribution in [0.2, 0.25) is 0 Å². The minimum Gasteiger partial charge on any atom is -0.497 e. The first-order valence-electron chi connectivity index (χ1n) is 11.3. The topological polar surface area (TPSA) is 37.2 Å². The number of nitrogens with zero attached hydrogens (tertiary/aromatic N) is 3. The summed E-state index contributed by atoms with van der Waals surface area (Å²) in [5.41, 5.74) is 0.181. The first-order chi connectivity index (χ1) is 15.4. The van der Waals surface area contributed by atoms with Crippen molar-refractivity contribution in [2.75, 3.05) is 33.3 Å². The van der Waals surface area contributed by atoms with Crippen LogP contribution in [0.1, 0.15) is 43.2 Å². The van der Waals surface area contributed by atoms with Gasteiger partial charge >= 0.3 is 6.18 Å². The van der Waals surface area contributed by atoms with Gasteiger partial charge in [-0.3, -0.25) is 0 Å². The van der Waals surface area contributed by atoms with Crippen molar-refractivity contribution in [3.63, 3.8) is 0 Å². The molecule has 7 heteroatoms. The fourth-order valence-corrected chi connectivity index (χ4v) is 5.27. The predicted octanol–water partition coefficient (Wildman–Crippen LogP) is 6.10. The van der Waals surface area contributed by atoms with Crippen LogP contribution in [-0.4, -0.2) is 44.4 Å². The van der Waals surface area contributed by atoms with Gasteiger partial charge in [0.2, 0.25) is 5.54 Å². The standard InChI is InChI=1S/C25H28F3N3O/c1-32-20-7-4-18(5-8-20)21-9-6-19(23(10-11-23)17-31-14-2-3-15-31)16-22(21)24(25(26,27)28)12-13-29-30-24/h4-9,16H,2-3,10-15,17H2,1H3. The van der Waals surface area contributed by atoms with Crippen LogP contribution in [0.15, 0.2) is 52.7 Å². The van der Waals surface area contributed by atoms with Gasteiger partial charge in [-0.15, -0.1) is 0 Å². The third-order valence-corrected chi connectivity index (χ3v) is 7.34. The summed E-state index contributed by atoms with van der Waals surface area (Å²) in [6.45, 7) is 3.18. The molecule has 3 aliphatic rings. The molecule has 0 N–H and O–H groups in total. The maximum absolute atomic E-state index is 14.5.